The van der Waals surface area contributed by atoms with Gasteiger partial charge in [0.05, 0.1) is 0 Å². The number of rotatable bonds is 2. The van der Waals surface area contributed by atoms with Crippen LogP contribution in [0.3, 0.4) is 0 Å². The number of hydrogen-bond acceptors (Lipinski definition) is 0. The molecule has 2 aliphatic rings. The second kappa shape index (κ2) is 3.39. The van der Waals surface area contributed by atoms with Crippen LogP contribution in [0, 0.1) is 11.8 Å². The maximum atomic E-state index is 14.3. The standard InChI is InChI=1S/C11H22F2Si2/c1-14(2,12)10-8-5-6-9(7-8)11(10)15(3,4)13/h8-11H,5-7H2,1-4H3. The maximum absolute atomic E-state index is 14.3. The summed E-state index contributed by atoms with van der Waals surface area (Å²) < 4.78 is 28.7. The quantitative estimate of drug-likeness (QED) is 0.498. The van der Waals surface area contributed by atoms with Crippen molar-refractivity contribution in [3.8, 4) is 0 Å². The van der Waals surface area contributed by atoms with Gasteiger partial charge >= 0.3 is 0 Å². The minimum absolute atomic E-state index is 0.128. The highest BCUT2D eigenvalue weighted by Gasteiger charge is 2.60. The van der Waals surface area contributed by atoms with Gasteiger partial charge in [0.1, 0.15) is 0 Å². The summed E-state index contributed by atoms with van der Waals surface area (Å²) in [5, 5.41) is 0. The molecular formula is C11H22F2Si2. The third-order valence-electron chi connectivity index (χ3n) is 4.50. The van der Waals surface area contributed by atoms with Gasteiger partial charge in [-0.3, -0.25) is 0 Å². The maximum Gasteiger partial charge on any atom is 0.244 e. The van der Waals surface area contributed by atoms with E-state index in [9.17, 15) is 8.22 Å². The van der Waals surface area contributed by atoms with Crippen LogP contribution in [-0.4, -0.2) is 16.8 Å². The lowest BCUT2D eigenvalue weighted by atomic mass is 9.99. The Hall–Kier alpha value is 0.294. The van der Waals surface area contributed by atoms with Gasteiger partial charge in [0.25, 0.3) is 0 Å². The molecule has 2 rings (SSSR count). The highest BCUT2D eigenvalue weighted by molar-refractivity contribution is 6.78. The van der Waals surface area contributed by atoms with E-state index in [0.29, 0.717) is 11.8 Å². The number of hydrogen-bond donors (Lipinski definition) is 0. The van der Waals surface area contributed by atoms with Gasteiger partial charge in [0.2, 0.25) is 16.8 Å². The van der Waals surface area contributed by atoms with Gasteiger partial charge < -0.3 is 8.22 Å². The summed E-state index contributed by atoms with van der Waals surface area (Å²) in [5.74, 6) is 1.04. The van der Waals surface area contributed by atoms with E-state index in [0.717, 1.165) is 19.3 Å². The van der Waals surface area contributed by atoms with Crippen molar-refractivity contribution >= 4 is 16.8 Å². The Labute approximate surface area is 93.8 Å². The molecule has 0 saturated heterocycles. The third-order valence-corrected chi connectivity index (χ3v) is 9.67. The molecule has 0 spiro atoms. The average molecular weight is 248 g/mol. The van der Waals surface area contributed by atoms with Gasteiger partial charge in [-0.1, -0.05) is 12.8 Å². The van der Waals surface area contributed by atoms with E-state index in [1.54, 1.807) is 26.2 Å². The average Bonchev–Trinajstić information content (AvgIpc) is 2.56. The Morgan fingerprint density at radius 3 is 1.40 bits per heavy atom. The van der Waals surface area contributed by atoms with Crippen molar-refractivity contribution < 1.29 is 8.22 Å². The fourth-order valence-electron chi connectivity index (χ4n) is 4.27. The van der Waals surface area contributed by atoms with Crippen molar-refractivity contribution in [2.75, 3.05) is 0 Å². The second-order valence-electron chi connectivity index (χ2n) is 6.51. The minimum Gasteiger partial charge on any atom is -0.314 e. The molecular weight excluding hydrogens is 226 g/mol. The molecule has 15 heavy (non-hydrogen) atoms. The summed E-state index contributed by atoms with van der Waals surface area (Å²) in [6.45, 7) is 7.13. The Bertz CT molecular complexity index is 228. The summed E-state index contributed by atoms with van der Waals surface area (Å²) in [4.78, 5) is 0. The van der Waals surface area contributed by atoms with E-state index < -0.39 is 16.8 Å². The lowest BCUT2D eigenvalue weighted by Crippen LogP contribution is -2.42. The molecule has 0 nitrogen and oxygen atoms in total. The highest BCUT2D eigenvalue weighted by Crippen LogP contribution is 2.65. The van der Waals surface area contributed by atoms with Crippen LogP contribution in [0.25, 0.3) is 0 Å². The molecule has 0 aliphatic heterocycles. The van der Waals surface area contributed by atoms with Crippen LogP contribution in [-0.2, 0) is 0 Å². The van der Waals surface area contributed by atoms with Crippen molar-refractivity contribution in [3.05, 3.63) is 0 Å². The molecule has 0 aromatic carbocycles. The van der Waals surface area contributed by atoms with Crippen LogP contribution in [0.15, 0.2) is 0 Å². The first-order valence-corrected chi connectivity index (χ1v) is 12.0. The van der Waals surface area contributed by atoms with Crippen molar-refractivity contribution in [2.45, 2.75) is 56.5 Å². The molecule has 0 aromatic rings. The highest BCUT2D eigenvalue weighted by atomic mass is 28.4. The van der Waals surface area contributed by atoms with Crippen LogP contribution >= 0.6 is 0 Å². The van der Waals surface area contributed by atoms with Gasteiger partial charge in [-0.2, -0.15) is 0 Å². The molecule has 2 fully saturated rings. The third kappa shape index (κ3) is 1.95. The van der Waals surface area contributed by atoms with E-state index in [1.807, 2.05) is 0 Å². The largest absolute Gasteiger partial charge is 0.314 e. The van der Waals surface area contributed by atoms with Gasteiger partial charge in [0, 0.05) is 0 Å². The summed E-state index contributed by atoms with van der Waals surface area (Å²) in [6, 6.07) is 0. The van der Waals surface area contributed by atoms with Crippen molar-refractivity contribution in [2.24, 2.45) is 11.8 Å². The topological polar surface area (TPSA) is 0 Å². The summed E-state index contributed by atoms with van der Waals surface area (Å²) in [6.07, 6.45) is 3.45. The molecule has 0 N–H and O–H groups in total. The summed E-state index contributed by atoms with van der Waals surface area (Å²) >= 11 is 0. The number of halogens is 2. The molecule has 4 unspecified atom stereocenters. The van der Waals surface area contributed by atoms with Gasteiger partial charge in [-0.15, -0.1) is 0 Å². The molecule has 0 radical (unpaired) electrons. The van der Waals surface area contributed by atoms with E-state index in [2.05, 4.69) is 0 Å². The fraction of sp³-hybridized carbons (Fsp3) is 1.00. The van der Waals surface area contributed by atoms with E-state index in [-0.39, 0.29) is 11.1 Å². The predicted molar refractivity (Wildman–Crippen MR) is 65.5 cm³/mol. The van der Waals surface area contributed by atoms with Crippen LogP contribution < -0.4 is 0 Å². The van der Waals surface area contributed by atoms with Crippen molar-refractivity contribution in [1.29, 1.82) is 0 Å². The molecule has 0 amide bonds. The minimum atomic E-state index is -2.66. The normalized spacial score (nSPS) is 41.2. The fourth-order valence-corrected chi connectivity index (χ4v) is 11.7. The Morgan fingerprint density at radius 1 is 0.800 bits per heavy atom. The second-order valence-corrected chi connectivity index (χ2v) is 14.1. The first kappa shape index (κ1) is 11.8. The summed E-state index contributed by atoms with van der Waals surface area (Å²) in [7, 11) is -5.31. The monoisotopic (exact) mass is 248 g/mol. The Balaban J connectivity index is 2.28. The Kier molecular flexibility index (Phi) is 2.66. The van der Waals surface area contributed by atoms with E-state index in [1.165, 1.54) is 0 Å². The molecule has 2 saturated carbocycles. The van der Waals surface area contributed by atoms with Crippen molar-refractivity contribution in [1.82, 2.24) is 0 Å². The van der Waals surface area contributed by atoms with E-state index in [4.69, 9.17) is 0 Å². The Morgan fingerprint density at radius 2 is 1.13 bits per heavy atom. The zero-order chi connectivity index (χ0) is 11.4. The predicted octanol–water partition coefficient (Wildman–Crippen LogP) is 4.51. The van der Waals surface area contributed by atoms with Gasteiger partial charge in [0.15, 0.2) is 0 Å². The molecule has 4 atom stereocenters. The zero-order valence-corrected chi connectivity index (χ0v) is 12.2. The van der Waals surface area contributed by atoms with E-state index >= 15 is 0 Å². The zero-order valence-electron chi connectivity index (χ0n) is 10.2. The smallest absolute Gasteiger partial charge is 0.244 e. The van der Waals surface area contributed by atoms with Gasteiger partial charge in [-0.05, 0) is 55.5 Å². The summed E-state index contributed by atoms with van der Waals surface area (Å²) in [5.41, 5.74) is 0.255. The molecule has 88 valence electrons. The molecule has 4 heteroatoms. The number of fused-ring (bicyclic) bond motifs is 2. The molecule has 0 aromatic heterocycles. The molecule has 0 heterocycles. The first-order valence-electron chi connectivity index (χ1n) is 6.09. The van der Waals surface area contributed by atoms with Gasteiger partial charge in [-0.25, -0.2) is 0 Å². The molecule has 2 bridgehead atoms. The molecule has 2 aliphatic carbocycles. The van der Waals surface area contributed by atoms with Crippen molar-refractivity contribution in [3.63, 3.8) is 0 Å². The SMILES string of the molecule is C[Si](C)(F)C1C2CCC(C2)C1[Si](C)(C)F. The van der Waals surface area contributed by atoms with Crippen LogP contribution in [0.5, 0.6) is 0 Å². The van der Waals surface area contributed by atoms with Crippen LogP contribution in [0.4, 0.5) is 8.22 Å². The van der Waals surface area contributed by atoms with Crippen LogP contribution in [0.1, 0.15) is 19.3 Å². The first-order chi connectivity index (χ1) is 6.71. The van der Waals surface area contributed by atoms with Crippen LogP contribution in [0.2, 0.25) is 37.3 Å². The lowest BCUT2D eigenvalue weighted by Gasteiger charge is -2.39. The lowest BCUT2D eigenvalue weighted by molar-refractivity contribution is 0.429.